The summed E-state index contributed by atoms with van der Waals surface area (Å²) in [6.45, 7) is 16.4. The van der Waals surface area contributed by atoms with Gasteiger partial charge >= 0.3 is 0 Å². The van der Waals surface area contributed by atoms with Crippen LogP contribution in [0.5, 0.6) is 0 Å². The minimum atomic E-state index is -1.64. The van der Waals surface area contributed by atoms with Gasteiger partial charge in [-0.2, -0.15) is 0 Å². The Hall–Kier alpha value is 0.907. The van der Waals surface area contributed by atoms with E-state index < -0.39 is 8.32 Å². The second-order valence-electron chi connectivity index (χ2n) is 6.08. The van der Waals surface area contributed by atoms with Crippen LogP contribution < -0.4 is 0 Å². The molecular weight excluding hydrogens is 339 g/mol. The van der Waals surface area contributed by atoms with Crippen LogP contribution in [0.4, 0.5) is 0 Å². The van der Waals surface area contributed by atoms with E-state index in [1.807, 2.05) is 0 Å². The van der Waals surface area contributed by atoms with Crippen LogP contribution >= 0.6 is 22.6 Å². The Morgan fingerprint density at radius 1 is 0.882 bits per heavy atom. The molecule has 0 aliphatic rings. The number of rotatable bonds is 8. The monoisotopic (exact) mass is 370 g/mol. The van der Waals surface area contributed by atoms with E-state index in [0.717, 1.165) is 0 Å². The molecule has 0 aliphatic heterocycles. The van der Waals surface area contributed by atoms with E-state index in [2.05, 4.69) is 71.1 Å². The van der Waals surface area contributed by atoms with Gasteiger partial charge in [-0.1, -0.05) is 64.1 Å². The van der Waals surface area contributed by atoms with E-state index in [1.54, 1.807) is 0 Å². The third-order valence-electron chi connectivity index (χ3n) is 3.86. The van der Waals surface area contributed by atoms with E-state index in [0.29, 0.717) is 22.7 Å². The lowest BCUT2D eigenvalue weighted by molar-refractivity contribution is 0.181. The Kier molecular flexibility index (Phi) is 8.59. The fourth-order valence-electron chi connectivity index (χ4n) is 3.18. The molecule has 0 fully saturated rings. The van der Waals surface area contributed by atoms with Crippen molar-refractivity contribution in [2.45, 2.75) is 84.0 Å². The first-order valence-electron chi connectivity index (χ1n) is 7.02. The molecule has 0 saturated heterocycles. The van der Waals surface area contributed by atoms with Crippen LogP contribution in [0.2, 0.25) is 16.6 Å². The smallest absolute Gasteiger partial charge is 0.200 e. The molecule has 0 aliphatic carbocycles. The topological polar surface area (TPSA) is 9.23 Å². The van der Waals surface area contributed by atoms with E-state index in [1.165, 1.54) is 17.3 Å². The molecule has 104 valence electrons. The highest BCUT2D eigenvalue weighted by molar-refractivity contribution is 14.1. The second kappa shape index (κ2) is 8.15. The zero-order valence-corrected chi connectivity index (χ0v) is 15.9. The summed E-state index contributed by atoms with van der Waals surface area (Å²) < 4.78 is 7.90. The van der Waals surface area contributed by atoms with Crippen LogP contribution in [-0.2, 0) is 4.43 Å². The Morgan fingerprint density at radius 2 is 1.29 bits per heavy atom. The molecule has 0 unspecified atom stereocenters. The number of alkyl halides is 1. The van der Waals surface area contributed by atoms with Gasteiger partial charge in [0.05, 0.1) is 0 Å². The third-order valence-corrected chi connectivity index (χ3v) is 10.8. The molecule has 0 saturated carbocycles. The van der Waals surface area contributed by atoms with Crippen molar-refractivity contribution in [1.82, 2.24) is 0 Å². The molecule has 0 heterocycles. The molecule has 0 radical (unpaired) electrons. The van der Waals surface area contributed by atoms with Crippen molar-refractivity contribution in [2.75, 3.05) is 4.43 Å². The van der Waals surface area contributed by atoms with Crippen LogP contribution in [0.3, 0.4) is 0 Å². The normalized spacial score (nSPS) is 15.0. The largest absolute Gasteiger partial charge is 0.413 e. The van der Waals surface area contributed by atoms with E-state index >= 15 is 0 Å². The molecule has 1 atom stereocenters. The lowest BCUT2D eigenvalue weighted by Gasteiger charge is -2.44. The van der Waals surface area contributed by atoms with Gasteiger partial charge < -0.3 is 4.43 Å². The van der Waals surface area contributed by atoms with E-state index in [4.69, 9.17) is 4.43 Å². The highest BCUT2D eigenvalue weighted by atomic mass is 127. The lowest BCUT2D eigenvalue weighted by atomic mass is 10.2. The van der Waals surface area contributed by atoms with Crippen molar-refractivity contribution in [3.05, 3.63) is 0 Å². The third kappa shape index (κ3) is 4.82. The molecule has 3 heteroatoms. The maximum absolute atomic E-state index is 6.66. The molecular formula is C14H31IOSi. The maximum Gasteiger partial charge on any atom is 0.200 e. The summed E-state index contributed by atoms with van der Waals surface area (Å²) in [5.74, 6) is 0. The summed E-state index contributed by atoms with van der Waals surface area (Å²) >= 11 is 2.45. The average molecular weight is 370 g/mol. The lowest BCUT2D eigenvalue weighted by Crippen LogP contribution is -2.49. The van der Waals surface area contributed by atoms with Crippen LogP contribution in [-0.4, -0.2) is 18.8 Å². The summed E-state index contributed by atoms with van der Waals surface area (Å²) in [5, 5.41) is 0. The van der Waals surface area contributed by atoms with Crippen molar-refractivity contribution >= 4 is 30.9 Å². The number of halogens is 1. The highest BCUT2D eigenvalue weighted by Gasteiger charge is 2.45. The number of hydrogen-bond acceptors (Lipinski definition) is 1. The molecule has 0 amide bonds. The summed E-state index contributed by atoms with van der Waals surface area (Å²) in [4.78, 5) is 0. The van der Waals surface area contributed by atoms with Gasteiger partial charge in [0.15, 0.2) is 0 Å². The van der Waals surface area contributed by atoms with Gasteiger partial charge in [-0.05, 0) is 40.8 Å². The molecule has 0 spiro atoms. The zero-order chi connectivity index (χ0) is 13.6. The zero-order valence-electron chi connectivity index (χ0n) is 12.7. The Bertz CT molecular complexity index is 183. The fraction of sp³-hybridized carbons (Fsp3) is 1.00. The van der Waals surface area contributed by atoms with Crippen molar-refractivity contribution in [1.29, 1.82) is 0 Å². The molecule has 0 N–H and O–H groups in total. The molecule has 0 rings (SSSR count). The molecule has 0 aromatic heterocycles. The standard InChI is InChI=1S/C14H31IOSi/c1-11(2)17(12(3)4,13(5)6)16-14(7)9-8-10-15/h11-14H,8-10H2,1-7H3/t14-/m0/s1. The quantitative estimate of drug-likeness (QED) is 0.299. The van der Waals surface area contributed by atoms with E-state index in [9.17, 15) is 0 Å². The first-order valence-corrected chi connectivity index (χ1v) is 10.7. The Morgan fingerprint density at radius 3 is 1.59 bits per heavy atom. The van der Waals surface area contributed by atoms with Gasteiger partial charge in [-0.25, -0.2) is 0 Å². The van der Waals surface area contributed by atoms with Gasteiger partial charge in [0.1, 0.15) is 0 Å². The Balaban J connectivity index is 4.80. The van der Waals surface area contributed by atoms with E-state index in [-0.39, 0.29) is 0 Å². The fourth-order valence-corrected chi connectivity index (χ4v) is 9.25. The molecule has 0 aromatic carbocycles. The predicted octanol–water partition coefficient (Wildman–Crippen LogP) is 5.78. The van der Waals surface area contributed by atoms with Crippen molar-refractivity contribution in [3.8, 4) is 0 Å². The average Bonchev–Trinajstić information content (AvgIpc) is 2.21. The van der Waals surface area contributed by atoms with Gasteiger partial charge in [-0.15, -0.1) is 0 Å². The van der Waals surface area contributed by atoms with Crippen molar-refractivity contribution < 1.29 is 4.43 Å². The molecule has 0 aromatic rings. The summed E-state index contributed by atoms with van der Waals surface area (Å²) in [5.41, 5.74) is 2.10. The SMILES string of the molecule is CC(C)[Si](O[C@@H](C)CCCI)(C(C)C)C(C)C. The van der Waals surface area contributed by atoms with Gasteiger partial charge in [-0.3, -0.25) is 0 Å². The van der Waals surface area contributed by atoms with Crippen LogP contribution in [0.25, 0.3) is 0 Å². The van der Waals surface area contributed by atoms with Crippen molar-refractivity contribution in [2.24, 2.45) is 0 Å². The first kappa shape index (κ1) is 17.9. The number of hydrogen-bond donors (Lipinski definition) is 0. The first-order chi connectivity index (χ1) is 7.78. The van der Waals surface area contributed by atoms with Crippen molar-refractivity contribution in [3.63, 3.8) is 0 Å². The molecule has 17 heavy (non-hydrogen) atoms. The molecule has 0 bridgehead atoms. The summed E-state index contributed by atoms with van der Waals surface area (Å²) in [6.07, 6.45) is 2.92. The van der Waals surface area contributed by atoms with Crippen LogP contribution in [0.1, 0.15) is 61.3 Å². The van der Waals surface area contributed by atoms with Gasteiger partial charge in [0, 0.05) is 6.10 Å². The predicted molar refractivity (Wildman–Crippen MR) is 89.7 cm³/mol. The minimum Gasteiger partial charge on any atom is -0.413 e. The van der Waals surface area contributed by atoms with Gasteiger partial charge in [0.25, 0.3) is 0 Å². The highest BCUT2D eigenvalue weighted by Crippen LogP contribution is 2.43. The van der Waals surface area contributed by atoms with Gasteiger partial charge in [0.2, 0.25) is 8.32 Å². The maximum atomic E-state index is 6.66. The molecule has 1 nitrogen and oxygen atoms in total. The second-order valence-corrected chi connectivity index (χ2v) is 12.6. The summed E-state index contributed by atoms with van der Waals surface area (Å²) in [6, 6.07) is 0. The Labute approximate surface area is 123 Å². The van der Waals surface area contributed by atoms with Crippen LogP contribution in [0, 0.1) is 0 Å². The van der Waals surface area contributed by atoms with Crippen LogP contribution in [0.15, 0.2) is 0 Å². The minimum absolute atomic E-state index is 0.434. The summed E-state index contributed by atoms with van der Waals surface area (Å²) in [7, 11) is -1.64.